The molecule has 17 heavy (non-hydrogen) atoms. The van der Waals surface area contributed by atoms with Crippen LogP contribution in [0.4, 0.5) is 4.79 Å². The lowest BCUT2D eigenvalue weighted by Crippen LogP contribution is -2.57. The highest BCUT2D eigenvalue weighted by Gasteiger charge is 2.34. The van der Waals surface area contributed by atoms with E-state index in [2.05, 4.69) is 4.90 Å². The van der Waals surface area contributed by atoms with E-state index in [0.29, 0.717) is 19.5 Å². The largest absolute Gasteiger partial charge is 0.453 e. The standard InChI is InChI=1S/C12H22N2O3/c1-17-12(16)14-8-5-11(15)10(9-14)13-6-3-2-4-7-13/h10-11,15H,2-9H2,1H3/t10-,11-/m1/s1. The summed E-state index contributed by atoms with van der Waals surface area (Å²) in [5.74, 6) is 0. The third-order valence-electron chi connectivity index (χ3n) is 3.84. The van der Waals surface area contributed by atoms with Gasteiger partial charge < -0.3 is 14.7 Å². The molecule has 2 heterocycles. The maximum Gasteiger partial charge on any atom is 0.409 e. The fourth-order valence-corrected chi connectivity index (χ4v) is 2.82. The molecule has 2 aliphatic heterocycles. The highest BCUT2D eigenvalue weighted by Crippen LogP contribution is 2.21. The number of hydrogen-bond donors (Lipinski definition) is 1. The molecule has 0 bridgehead atoms. The molecular weight excluding hydrogens is 220 g/mol. The number of aliphatic hydroxyl groups is 1. The SMILES string of the molecule is COC(=O)N1CC[C@@H](O)[C@H](N2CCCCC2)C1. The van der Waals surface area contributed by atoms with E-state index in [1.54, 1.807) is 4.90 Å². The van der Waals surface area contributed by atoms with Gasteiger partial charge in [0.25, 0.3) is 0 Å². The Balaban J connectivity index is 1.96. The van der Waals surface area contributed by atoms with Crippen molar-refractivity contribution in [2.75, 3.05) is 33.3 Å². The van der Waals surface area contributed by atoms with Gasteiger partial charge in [-0.05, 0) is 32.4 Å². The number of methoxy groups -OCH3 is 1. The second-order valence-corrected chi connectivity index (χ2v) is 4.94. The van der Waals surface area contributed by atoms with E-state index in [4.69, 9.17) is 4.74 Å². The van der Waals surface area contributed by atoms with Gasteiger partial charge in [-0.3, -0.25) is 4.90 Å². The smallest absolute Gasteiger partial charge is 0.409 e. The summed E-state index contributed by atoms with van der Waals surface area (Å²) in [5, 5.41) is 10.1. The minimum Gasteiger partial charge on any atom is -0.453 e. The van der Waals surface area contributed by atoms with Crippen LogP contribution in [0.5, 0.6) is 0 Å². The third-order valence-corrected chi connectivity index (χ3v) is 3.84. The molecule has 0 aliphatic carbocycles. The minimum atomic E-state index is -0.311. The second kappa shape index (κ2) is 5.69. The van der Waals surface area contributed by atoms with Crippen molar-refractivity contribution in [2.24, 2.45) is 0 Å². The van der Waals surface area contributed by atoms with Crippen molar-refractivity contribution in [1.82, 2.24) is 9.80 Å². The van der Waals surface area contributed by atoms with Gasteiger partial charge in [0.05, 0.1) is 19.3 Å². The summed E-state index contributed by atoms with van der Waals surface area (Å²) in [7, 11) is 1.41. The number of carbonyl (C=O) groups excluding carboxylic acids is 1. The van der Waals surface area contributed by atoms with Crippen LogP contribution in [0.2, 0.25) is 0 Å². The van der Waals surface area contributed by atoms with E-state index in [1.807, 2.05) is 0 Å². The van der Waals surface area contributed by atoms with Crippen LogP contribution in [0.25, 0.3) is 0 Å². The summed E-state index contributed by atoms with van der Waals surface area (Å²) < 4.78 is 4.75. The Morgan fingerprint density at radius 3 is 2.59 bits per heavy atom. The molecule has 1 N–H and O–H groups in total. The van der Waals surface area contributed by atoms with Crippen molar-refractivity contribution in [2.45, 2.75) is 37.8 Å². The van der Waals surface area contributed by atoms with Crippen LogP contribution in [0, 0.1) is 0 Å². The Kier molecular flexibility index (Phi) is 4.23. The third kappa shape index (κ3) is 2.90. The van der Waals surface area contributed by atoms with Crippen molar-refractivity contribution in [3.8, 4) is 0 Å². The Labute approximate surface area is 102 Å². The highest BCUT2D eigenvalue weighted by atomic mass is 16.5. The van der Waals surface area contributed by atoms with E-state index >= 15 is 0 Å². The molecule has 0 spiro atoms. The van der Waals surface area contributed by atoms with E-state index in [1.165, 1.54) is 26.4 Å². The zero-order valence-corrected chi connectivity index (χ0v) is 10.5. The van der Waals surface area contributed by atoms with Gasteiger partial charge in [-0.1, -0.05) is 6.42 Å². The van der Waals surface area contributed by atoms with Gasteiger partial charge >= 0.3 is 6.09 Å². The highest BCUT2D eigenvalue weighted by molar-refractivity contribution is 5.67. The number of aliphatic hydroxyl groups excluding tert-OH is 1. The first-order valence-electron chi connectivity index (χ1n) is 6.47. The summed E-state index contributed by atoms with van der Waals surface area (Å²) >= 11 is 0. The number of ether oxygens (including phenoxy) is 1. The van der Waals surface area contributed by atoms with Gasteiger partial charge in [-0.2, -0.15) is 0 Å². The first-order valence-corrected chi connectivity index (χ1v) is 6.47. The van der Waals surface area contributed by atoms with Crippen molar-refractivity contribution in [3.63, 3.8) is 0 Å². The predicted molar refractivity (Wildman–Crippen MR) is 63.8 cm³/mol. The first-order chi connectivity index (χ1) is 8.22. The molecule has 1 amide bonds. The molecule has 2 atom stereocenters. The molecule has 0 aromatic rings. The van der Waals surface area contributed by atoms with Crippen LogP contribution >= 0.6 is 0 Å². The Hall–Kier alpha value is -0.810. The number of rotatable bonds is 1. The molecule has 2 aliphatic rings. The van der Waals surface area contributed by atoms with Gasteiger partial charge in [-0.25, -0.2) is 4.79 Å². The number of likely N-dealkylation sites (tertiary alicyclic amines) is 2. The molecule has 0 radical (unpaired) electrons. The van der Waals surface area contributed by atoms with Crippen molar-refractivity contribution in [3.05, 3.63) is 0 Å². The minimum absolute atomic E-state index is 0.0862. The van der Waals surface area contributed by atoms with Gasteiger partial charge in [0, 0.05) is 13.1 Å². The number of carbonyl (C=O) groups is 1. The fraction of sp³-hybridized carbons (Fsp3) is 0.917. The molecule has 98 valence electrons. The van der Waals surface area contributed by atoms with E-state index in [9.17, 15) is 9.90 Å². The van der Waals surface area contributed by atoms with E-state index < -0.39 is 0 Å². The lowest BCUT2D eigenvalue weighted by atomic mass is 9.98. The molecule has 0 aromatic heterocycles. The maximum atomic E-state index is 11.5. The number of hydrogen-bond acceptors (Lipinski definition) is 4. The number of amides is 1. The monoisotopic (exact) mass is 242 g/mol. The first kappa shape index (κ1) is 12.6. The molecule has 2 saturated heterocycles. The lowest BCUT2D eigenvalue weighted by Gasteiger charge is -2.43. The molecule has 2 rings (SSSR count). The molecule has 0 unspecified atom stereocenters. The molecule has 2 fully saturated rings. The normalized spacial score (nSPS) is 31.3. The molecular formula is C12H22N2O3. The topological polar surface area (TPSA) is 53.0 Å². The van der Waals surface area contributed by atoms with E-state index in [0.717, 1.165) is 13.1 Å². The summed E-state index contributed by atoms with van der Waals surface area (Å²) in [5.41, 5.74) is 0. The molecule has 5 heteroatoms. The van der Waals surface area contributed by atoms with Crippen LogP contribution in [0.15, 0.2) is 0 Å². The average molecular weight is 242 g/mol. The van der Waals surface area contributed by atoms with Crippen LogP contribution in [0.3, 0.4) is 0 Å². The Morgan fingerprint density at radius 2 is 1.94 bits per heavy atom. The predicted octanol–water partition coefficient (Wildman–Crippen LogP) is 0.674. The number of nitrogens with zero attached hydrogens (tertiary/aromatic N) is 2. The summed E-state index contributed by atoms with van der Waals surface area (Å²) in [6.07, 6.45) is 3.73. The summed E-state index contributed by atoms with van der Waals surface area (Å²) in [6.45, 7) is 3.26. The molecule has 5 nitrogen and oxygen atoms in total. The van der Waals surface area contributed by atoms with Crippen molar-refractivity contribution in [1.29, 1.82) is 0 Å². The van der Waals surface area contributed by atoms with Crippen molar-refractivity contribution >= 4 is 6.09 Å². The van der Waals surface area contributed by atoms with Crippen molar-refractivity contribution < 1.29 is 14.6 Å². The summed E-state index contributed by atoms with van der Waals surface area (Å²) in [6, 6.07) is 0.0862. The van der Waals surface area contributed by atoms with Gasteiger partial charge in [-0.15, -0.1) is 0 Å². The molecule has 0 saturated carbocycles. The fourth-order valence-electron chi connectivity index (χ4n) is 2.82. The number of piperidine rings is 2. The molecule has 0 aromatic carbocycles. The lowest BCUT2D eigenvalue weighted by molar-refractivity contribution is -0.0155. The van der Waals surface area contributed by atoms with Gasteiger partial charge in [0.15, 0.2) is 0 Å². The van der Waals surface area contributed by atoms with Gasteiger partial charge in [0.2, 0.25) is 0 Å². The van der Waals surface area contributed by atoms with Crippen LogP contribution in [0.1, 0.15) is 25.7 Å². The maximum absolute atomic E-state index is 11.5. The quantitative estimate of drug-likeness (QED) is 0.734. The second-order valence-electron chi connectivity index (χ2n) is 4.94. The van der Waals surface area contributed by atoms with Gasteiger partial charge in [0.1, 0.15) is 0 Å². The average Bonchev–Trinajstić information content (AvgIpc) is 2.39. The Bertz CT molecular complexity index is 266. The van der Waals surface area contributed by atoms with Crippen LogP contribution in [-0.4, -0.2) is 66.4 Å². The van der Waals surface area contributed by atoms with Crippen LogP contribution in [-0.2, 0) is 4.74 Å². The van der Waals surface area contributed by atoms with Crippen LogP contribution < -0.4 is 0 Å². The zero-order valence-electron chi connectivity index (χ0n) is 10.5. The Morgan fingerprint density at radius 1 is 1.24 bits per heavy atom. The zero-order chi connectivity index (χ0) is 12.3. The summed E-state index contributed by atoms with van der Waals surface area (Å²) in [4.78, 5) is 15.5. The van der Waals surface area contributed by atoms with E-state index in [-0.39, 0.29) is 18.2 Å².